The number of hydrogen-bond acceptors (Lipinski definition) is 2. The summed E-state index contributed by atoms with van der Waals surface area (Å²) in [7, 11) is 3.86. The summed E-state index contributed by atoms with van der Waals surface area (Å²) in [6, 6.07) is 11.4. The lowest BCUT2D eigenvalue weighted by Gasteiger charge is -2.44. The normalized spacial score (nSPS) is 20.6. The summed E-state index contributed by atoms with van der Waals surface area (Å²) >= 11 is 0. The predicted octanol–water partition coefficient (Wildman–Crippen LogP) is 3.12. The number of benzene rings is 1. The Kier molecular flexibility index (Phi) is 4.79. The van der Waals surface area contributed by atoms with E-state index in [1.807, 2.05) is 0 Å². The first-order valence-electron chi connectivity index (χ1n) is 7.05. The molecule has 1 aliphatic carbocycles. The predicted molar refractivity (Wildman–Crippen MR) is 75.9 cm³/mol. The fraction of sp³-hybridized carbons (Fsp3) is 0.625. The maximum Gasteiger partial charge on any atom is 0.0624 e. The third kappa shape index (κ3) is 2.60. The van der Waals surface area contributed by atoms with Crippen LogP contribution in [0.25, 0.3) is 0 Å². The first-order chi connectivity index (χ1) is 8.83. The van der Waals surface area contributed by atoms with Crippen molar-refractivity contribution in [2.24, 2.45) is 0 Å². The molecule has 2 rings (SSSR count). The Labute approximate surface area is 111 Å². The minimum Gasteiger partial charge on any atom is -0.383 e. The van der Waals surface area contributed by atoms with Crippen LogP contribution in [0.15, 0.2) is 30.3 Å². The molecule has 1 atom stereocenters. The Hall–Kier alpha value is -0.860. The average Bonchev–Trinajstić information content (AvgIpc) is 2.46. The fourth-order valence-electron chi connectivity index (χ4n) is 3.48. The molecule has 0 aromatic heterocycles. The summed E-state index contributed by atoms with van der Waals surface area (Å²) in [5.41, 5.74) is 1.73. The van der Waals surface area contributed by atoms with Crippen LogP contribution in [-0.2, 0) is 10.2 Å². The first-order valence-corrected chi connectivity index (χ1v) is 7.05. The molecule has 1 aromatic carbocycles. The number of rotatable bonds is 5. The summed E-state index contributed by atoms with van der Waals surface area (Å²) in [6.07, 6.45) is 6.57. The lowest BCUT2D eigenvalue weighted by molar-refractivity contribution is 0.108. The van der Waals surface area contributed by atoms with Crippen LogP contribution in [0.4, 0.5) is 0 Å². The zero-order valence-corrected chi connectivity index (χ0v) is 11.6. The average molecular weight is 247 g/mol. The van der Waals surface area contributed by atoms with Gasteiger partial charge in [-0.1, -0.05) is 49.6 Å². The number of hydrogen-bond donors (Lipinski definition) is 1. The van der Waals surface area contributed by atoms with Crippen LogP contribution in [0, 0.1) is 0 Å². The molecule has 1 fully saturated rings. The van der Waals surface area contributed by atoms with Crippen LogP contribution in [0.2, 0.25) is 0 Å². The van der Waals surface area contributed by atoms with Crippen molar-refractivity contribution in [3.63, 3.8) is 0 Å². The van der Waals surface area contributed by atoms with E-state index >= 15 is 0 Å². The lowest BCUT2D eigenvalue weighted by Crippen LogP contribution is -2.51. The molecule has 0 amide bonds. The lowest BCUT2D eigenvalue weighted by atomic mass is 9.65. The van der Waals surface area contributed by atoms with Gasteiger partial charge in [0.15, 0.2) is 0 Å². The van der Waals surface area contributed by atoms with Crippen molar-refractivity contribution >= 4 is 0 Å². The molecule has 0 heterocycles. The Morgan fingerprint density at radius 2 is 1.83 bits per heavy atom. The minimum atomic E-state index is 0.254. The summed E-state index contributed by atoms with van der Waals surface area (Å²) < 4.78 is 5.43. The maximum atomic E-state index is 5.43. The van der Waals surface area contributed by atoms with Gasteiger partial charge in [0.2, 0.25) is 0 Å². The highest BCUT2D eigenvalue weighted by molar-refractivity contribution is 5.28. The van der Waals surface area contributed by atoms with E-state index in [-0.39, 0.29) is 5.41 Å². The van der Waals surface area contributed by atoms with Crippen molar-refractivity contribution in [1.82, 2.24) is 5.32 Å². The van der Waals surface area contributed by atoms with E-state index in [1.165, 1.54) is 37.7 Å². The number of nitrogens with one attached hydrogen (secondary N) is 1. The van der Waals surface area contributed by atoms with Gasteiger partial charge >= 0.3 is 0 Å². The Bertz CT molecular complexity index is 343. The van der Waals surface area contributed by atoms with Crippen LogP contribution < -0.4 is 5.32 Å². The molecule has 18 heavy (non-hydrogen) atoms. The van der Waals surface area contributed by atoms with Crippen molar-refractivity contribution < 1.29 is 4.74 Å². The highest BCUT2D eigenvalue weighted by Gasteiger charge is 2.40. The van der Waals surface area contributed by atoms with Gasteiger partial charge in [0.05, 0.1) is 6.61 Å². The topological polar surface area (TPSA) is 21.3 Å². The molecular formula is C16H25NO. The zero-order chi connectivity index (χ0) is 12.8. The van der Waals surface area contributed by atoms with Crippen molar-refractivity contribution in [3.05, 3.63) is 35.9 Å². The van der Waals surface area contributed by atoms with Crippen LogP contribution in [-0.4, -0.2) is 26.8 Å². The molecule has 0 spiro atoms. The molecule has 2 nitrogen and oxygen atoms in total. The van der Waals surface area contributed by atoms with Gasteiger partial charge < -0.3 is 10.1 Å². The van der Waals surface area contributed by atoms with Gasteiger partial charge in [-0.3, -0.25) is 0 Å². The Morgan fingerprint density at radius 3 is 2.39 bits per heavy atom. The molecular weight excluding hydrogens is 222 g/mol. The number of methoxy groups -OCH3 is 1. The van der Waals surface area contributed by atoms with Crippen LogP contribution >= 0.6 is 0 Å². The van der Waals surface area contributed by atoms with E-state index in [0.717, 1.165) is 6.61 Å². The van der Waals surface area contributed by atoms with Gasteiger partial charge in [-0.25, -0.2) is 0 Å². The van der Waals surface area contributed by atoms with E-state index in [9.17, 15) is 0 Å². The summed E-state index contributed by atoms with van der Waals surface area (Å²) in [5.74, 6) is 0. The molecule has 2 heteroatoms. The van der Waals surface area contributed by atoms with Crippen LogP contribution in [0.5, 0.6) is 0 Å². The largest absolute Gasteiger partial charge is 0.383 e. The summed E-state index contributed by atoms with van der Waals surface area (Å²) in [4.78, 5) is 0. The quantitative estimate of drug-likeness (QED) is 0.863. The maximum absolute atomic E-state index is 5.43. The summed E-state index contributed by atoms with van der Waals surface area (Å²) in [5, 5.41) is 3.49. The highest BCUT2D eigenvalue weighted by atomic mass is 16.5. The minimum absolute atomic E-state index is 0.254. The second-order valence-corrected chi connectivity index (χ2v) is 5.38. The van der Waals surface area contributed by atoms with Gasteiger partial charge in [-0.15, -0.1) is 0 Å². The van der Waals surface area contributed by atoms with E-state index in [4.69, 9.17) is 4.74 Å². The van der Waals surface area contributed by atoms with E-state index in [1.54, 1.807) is 7.11 Å². The monoisotopic (exact) mass is 247 g/mol. The van der Waals surface area contributed by atoms with E-state index in [0.29, 0.717) is 6.04 Å². The highest BCUT2D eigenvalue weighted by Crippen LogP contribution is 2.42. The second kappa shape index (κ2) is 6.35. The molecule has 100 valence electrons. The molecule has 1 N–H and O–H groups in total. The Balaban J connectivity index is 2.33. The van der Waals surface area contributed by atoms with Gasteiger partial charge in [-0.05, 0) is 25.5 Å². The van der Waals surface area contributed by atoms with Crippen molar-refractivity contribution in [3.8, 4) is 0 Å². The van der Waals surface area contributed by atoms with Crippen LogP contribution in [0.3, 0.4) is 0 Å². The Morgan fingerprint density at radius 1 is 1.17 bits per heavy atom. The van der Waals surface area contributed by atoms with Crippen LogP contribution in [0.1, 0.15) is 37.7 Å². The van der Waals surface area contributed by atoms with Gasteiger partial charge in [0.25, 0.3) is 0 Å². The molecule has 1 aliphatic rings. The molecule has 1 aromatic rings. The molecule has 0 aliphatic heterocycles. The molecule has 0 radical (unpaired) electrons. The molecule has 0 bridgehead atoms. The molecule has 1 unspecified atom stereocenters. The number of likely N-dealkylation sites (N-methyl/N-ethyl adjacent to an activating group) is 1. The SMILES string of the molecule is CNC(COC)C1(c2ccccc2)CCCCC1. The van der Waals surface area contributed by atoms with Crippen molar-refractivity contribution in [1.29, 1.82) is 0 Å². The van der Waals surface area contributed by atoms with Gasteiger partial charge in [-0.2, -0.15) is 0 Å². The van der Waals surface area contributed by atoms with Crippen molar-refractivity contribution in [2.45, 2.75) is 43.6 Å². The van der Waals surface area contributed by atoms with E-state index in [2.05, 4.69) is 42.7 Å². The summed E-state index contributed by atoms with van der Waals surface area (Å²) in [6.45, 7) is 0.783. The fourth-order valence-corrected chi connectivity index (χ4v) is 3.48. The smallest absolute Gasteiger partial charge is 0.0624 e. The molecule has 1 saturated carbocycles. The third-order valence-electron chi connectivity index (χ3n) is 4.44. The van der Waals surface area contributed by atoms with Crippen molar-refractivity contribution in [2.75, 3.05) is 20.8 Å². The number of ether oxygens (including phenoxy) is 1. The second-order valence-electron chi connectivity index (χ2n) is 5.38. The zero-order valence-electron chi connectivity index (χ0n) is 11.6. The van der Waals surface area contributed by atoms with Gasteiger partial charge in [0.1, 0.15) is 0 Å². The standard InChI is InChI=1S/C16H25NO/c1-17-15(13-18-2)16(11-7-4-8-12-16)14-9-5-3-6-10-14/h3,5-6,9-10,15,17H,4,7-8,11-13H2,1-2H3. The third-order valence-corrected chi connectivity index (χ3v) is 4.44. The molecule has 0 saturated heterocycles. The van der Waals surface area contributed by atoms with E-state index < -0.39 is 0 Å². The first kappa shape index (κ1) is 13.6. The van der Waals surface area contributed by atoms with Gasteiger partial charge in [0, 0.05) is 18.6 Å².